The summed E-state index contributed by atoms with van der Waals surface area (Å²) in [7, 11) is 1.04. The molecule has 1 heterocycles. The van der Waals surface area contributed by atoms with Gasteiger partial charge in [-0.1, -0.05) is 25.4 Å². The predicted octanol–water partition coefficient (Wildman–Crippen LogP) is 3.71. The van der Waals surface area contributed by atoms with Crippen LogP contribution in [0.5, 0.6) is 5.75 Å². The molecule has 2 rings (SSSR count). The molecule has 1 aromatic carbocycles. The Bertz CT molecular complexity index is 616. The van der Waals surface area contributed by atoms with E-state index in [1.807, 2.05) is 0 Å². The number of benzene rings is 1. The smallest absolute Gasteiger partial charge is 0.260 e. The summed E-state index contributed by atoms with van der Waals surface area (Å²) in [5.41, 5.74) is -0.973. The number of amides is 1. The van der Waals surface area contributed by atoms with Gasteiger partial charge in [-0.3, -0.25) is 9.69 Å². The zero-order valence-electron chi connectivity index (χ0n) is 14.5. The molecule has 140 valence electrons. The molecular weight excluding hydrogens is 357 g/mol. The Balaban J connectivity index is 2.23. The van der Waals surface area contributed by atoms with E-state index in [0.29, 0.717) is 32.2 Å². The van der Waals surface area contributed by atoms with Gasteiger partial charge in [-0.15, -0.1) is 0 Å². The lowest BCUT2D eigenvalue weighted by Gasteiger charge is -2.39. The molecule has 0 unspecified atom stereocenters. The van der Waals surface area contributed by atoms with Crippen LogP contribution in [0.25, 0.3) is 0 Å². The molecule has 0 spiro atoms. The van der Waals surface area contributed by atoms with E-state index in [-0.39, 0.29) is 0 Å². The highest BCUT2D eigenvalue weighted by atomic mass is 35.5. The minimum absolute atomic E-state index is 0.319. The largest absolute Gasteiger partial charge is 0.492 e. The molecule has 1 aliphatic rings. The van der Waals surface area contributed by atoms with Crippen LogP contribution in [0, 0.1) is 17.5 Å². The number of rotatable bonds is 5. The van der Waals surface area contributed by atoms with Crippen molar-refractivity contribution < 1.29 is 22.7 Å². The molecule has 1 aromatic rings. The summed E-state index contributed by atoms with van der Waals surface area (Å²) < 4.78 is 47.1. The van der Waals surface area contributed by atoms with Crippen molar-refractivity contribution in [2.75, 3.05) is 33.3 Å². The van der Waals surface area contributed by atoms with Gasteiger partial charge in [0.25, 0.3) is 5.91 Å². The number of carbonyl (C=O) groups excluding carboxylic acids is 1. The summed E-state index contributed by atoms with van der Waals surface area (Å²) in [4.78, 5) is 16.1. The van der Waals surface area contributed by atoms with E-state index < -0.39 is 39.7 Å². The highest BCUT2D eigenvalue weighted by Crippen LogP contribution is 2.35. The second-order valence-corrected chi connectivity index (χ2v) is 6.34. The molecule has 1 saturated heterocycles. The maximum absolute atomic E-state index is 14.3. The fourth-order valence-electron chi connectivity index (χ4n) is 3.23. The zero-order chi connectivity index (χ0) is 18.7. The van der Waals surface area contributed by atoms with Crippen molar-refractivity contribution in [3.63, 3.8) is 0 Å². The Morgan fingerprint density at radius 2 is 1.64 bits per heavy atom. The molecule has 1 aliphatic heterocycles. The van der Waals surface area contributed by atoms with E-state index in [2.05, 4.69) is 23.5 Å². The van der Waals surface area contributed by atoms with Gasteiger partial charge in [0.15, 0.2) is 17.4 Å². The van der Waals surface area contributed by atoms with Crippen LogP contribution in [0.3, 0.4) is 0 Å². The topological polar surface area (TPSA) is 32.8 Å². The molecule has 0 radical (unpaired) electrons. The van der Waals surface area contributed by atoms with Crippen LogP contribution >= 0.6 is 11.6 Å². The maximum Gasteiger partial charge on any atom is 0.260 e. The number of nitrogens with zero attached hydrogens (tertiary/aromatic N) is 2. The van der Waals surface area contributed by atoms with Crippen molar-refractivity contribution in [2.24, 2.45) is 0 Å². The molecule has 0 aliphatic carbocycles. The maximum atomic E-state index is 14.3. The van der Waals surface area contributed by atoms with Crippen molar-refractivity contribution in [1.29, 1.82) is 0 Å². The fourth-order valence-corrected chi connectivity index (χ4v) is 3.49. The second-order valence-electron chi connectivity index (χ2n) is 5.96. The Morgan fingerprint density at radius 1 is 1.08 bits per heavy atom. The Labute approximate surface area is 150 Å². The van der Waals surface area contributed by atoms with Gasteiger partial charge in [0, 0.05) is 32.2 Å². The molecule has 0 N–H and O–H groups in total. The monoisotopic (exact) mass is 378 g/mol. The third kappa shape index (κ3) is 3.72. The zero-order valence-corrected chi connectivity index (χ0v) is 15.3. The van der Waals surface area contributed by atoms with E-state index in [9.17, 15) is 18.0 Å². The first kappa shape index (κ1) is 19.8. The van der Waals surface area contributed by atoms with Gasteiger partial charge in [0.2, 0.25) is 5.82 Å². The van der Waals surface area contributed by atoms with Crippen molar-refractivity contribution in [2.45, 2.75) is 32.7 Å². The first-order valence-corrected chi connectivity index (χ1v) is 8.68. The van der Waals surface area contributed by atoms with Crippen molar-refractivity contribution in [3.8, 4) is 5.75 Å². The van der Waals surface area contributed by atoms with Gasteiger partial charge in [0.05, 0.1) is 7.11 Å². The van der Waals surface area contributed by atoms with E-state index in [0.717, 1.165) is 20.0 Å². The number of halogens is 4. The van der Waals surface area contributed by atoms with Crippen LogP contribution in [0.4, 0.5) is 13.2 Å². The molecule has 0 saturated carbocycles. The normalized spacial score (nSPS) is 15.8. The van der Waals surface area contributed by atoms with Crippen LogP contribution in [-0.2, 0) is 0 Å². The third-order valence-corrected chi connectivity index (χ3v) is 5.04. The first-order chi connectivity index (χ1) is 11.9. The van der Waals surface area contributed by atoms with Crippen LogP contribution in [-0.4, -0.2) is 55.0 Å². The number of ether oxygens (including phenoxy) is 1. The summed E-state index contributed by atoms with van der Waals surface area (Å²) in [5, 5.41) is -0.736. The SMILES string of the molecule is CCC(CC)N1CCN(C(=O)c2c(F)c(F)c(OC)c(Cl)c2F)CC1. The standard InChI is InChI=1S/C17H22ClF3N2O2/c1-4-10(5-2)22-6-8-23(9-7-22)17(24)11-13(19)12(18)16(25-3)15(21)14(11)20/h10H,4-9H2,1-3H3. The van der Waals surface area contributed by atoms with Gasteiger partial charge in [-0.2, -0.15) is 4.39 Å². The summed E-state index contributed by atoms with van der Waals surface area (Å²) in [5.74, 6) is -5.99. The highest BCUT2D eigenvalue weighted by molar-refractivity contribution is 6.32. The number of hydrogen-bond donors (Lipinski definition) is 0. The van der Waals surface area contributed by atoms with Crippen molar-refractivity contribution in [1.82, 2.24) is 9.80 Å². The average molecular weight is 379 g/mol. The minimum atomic E-state index is -1.58. The predicted molar refractivity (Wildman–Crippen MR) is 89.7 cm³/mol. The third-order valence-electron chi connectivity index (χ3n) is 4.70. The van der Waals surface area contributed by atoms with Crippen LogP contribution in [0.2, 0.25) is 5.02 Å². The summed E-state index contributed by atoms with van der Waals surface area (Å²) in [6.07, 6.45) is 1.99. The van der Waals surface area contributed by atoms with Crippen LogP contribution in [0.15, 0.2) is 0 Å². The highest BCUT2D eigenvalue weighted by Gasteiger charge is 2.33. The molecule has 1 fully saturated rings. The molecule has 0 atom stereocenters. The Kier molecular flexibility index (Phi) is 6.57. The van der Waals surface area contributed by atoms with E-state index in [1.54, 1.807) is 0 Å². The molecule has 4 nitrogen and oxygen atoms in total. The molecular formula is C17H22ClF3N2O2. The lowest BCUT2D eigenvalue weighted by atomic mass is 10.1. The van der Waals surface area contributed by atoms with E-state index in [4.69, 9.17) is 11.6 Å². The van der Waals surface area contributed by atoms with Gasteiger partial charge in [-0.05, 0) is 12.8 Å². The number of methoxy groups -OCH3 is 1. The lowest BCUT2D eigenvalue weighted by molar-refractivity contribution is 0.0550. The number of carbonyl (C=O) groups is 1. The molecule has 0 bridgehead atoms. The van der Waals surface area contributed by atoms with E-state index in [1.165, 1.54) is 4.90 Å². The molecule has 25 heavy (non-hydrogen) atoms. The van der Waals surface area contributed by atoms with Crippen LogP contribution in [0.1, 0.15) is 37.0 Å². The van der Waals surface area contributed by atoms with Crippen LogP contribution < -0.4 is 4.74 Å². The Hall–Kier alpha value is -1.47. The first-order valence-electron chi connectivity index (χ1n) is 8.30. The van der Waals surface area contributed by atoms with Crippen molar-refractivity contribution in [3.05, 3.63) is 28.0 Å². The van der Waals surface area contributed by atoms with Gasteiger partial charge < -0.3 is 9.64 Å². The van der Waals surface area contributed by atoms with Gasteiger partial charge >= 0.3 is 0 Å². The number of hydrogen-bond acceptors (Lipinski definition) is 3. The fraction of sp³-hybridized carbons (Fsp3) is 0.588. The molecule has 8 heteroatoms. The molecule has 1 amide bonds. The summed E-state index contributed by atoms with van der Waals surface area (Å²) in [6.45, 7) is 6.04. The van der Waals surface area contributed by atoms with E-state index >= 15 is 0 Å². The summed E-state index contributed by atoms with van der Waals surface area (Å²) in [6, 6.07) is 0.415. The van der Waals surface area contributed by atoms with Gasteiger partial charge in [-0.25, -0.2) is 8.78 Å². The second kappa shape index (κ2) is 8.27. The lowest BCUT2D eigenvalue weighted by Crippen LogP contribution is -2.52. The Morgan fingerprint density at radius 3 is 2.12 bits per heavy atom. The minimum Gasteiger partial charge on any atom is -0.492 e. The average Bonchev–Trinajstić information content (AvgIpc) is 2.62. The summed E-state index contributed by atoms with van der Waals surface area (Å²) >= 11 is 5.68. The quantitative estimate of drug-likeness (QED) is 0.732. The molecule has 0 aromatic heterocycles. The number of piperazine rings is 1. The van der Waals surface area contributed by atoms with Gasteiger partial charge in [0.1, 0.15) is 10.6 Å². The van der Waals surface area contributed by atoms with Crippen molar-refractivity contribution >= 4 is 17.5 Å².